The second kappa shape index (κ2) is 7.38. The van der Waals surface area contributed by atoms with Crippen LogP contribution >= 0.6 is 0 Å². The Hall–Kier alpha value is -2.82. The molecule has 25 heavy (non-hydrogen) atoms. The average Bonchev–Trinajstić information content (AvgIpc) is 3.08. The number of benzene rings is 2. The summed E-state index contributed by atoms with van der Waals surface area (Å²) in [5.41, 5.74) is 5.81. The molecule has 5 nitrogen and oxygen atoms in total. The molecular weight excluding hydrogens is 314 g/mol. The molecule has 0 radical (unpaired) electrons. The topological polar surface area (TPSA) is 62.7 Å². The maximum Gasteiger partial charge on any atom is 0.235 e. The Morgan fingerprint density at radius 2 is 1.80 bits per heavy atom. The third-order valence-corrected chi connectivity index (χ3v) is 4.37. The van der Waals surface area contributed by atoms with Crippen LogP contribution in [0.15, 0.2) is 59.7 Å². The van der Waals surface area contributed by atoms with Crippen molar-refractivity contribution >= 4 is 17.3 Å². The van der Waals surface area contributed by atoms with Gasteiger partial charge >= 0.3 is 0 Å². The molecule has 130 valence electrons. The van der Waals surface area contributed by atoms with Gasteiger partial charge in [0.1, 0.15) is 11.7 Å². The van der Waals surface area contributed by atoms with Gasteiger partial charge in [0.2, 0.25) is 5.91 Å². The monoisotopic (exact) mass is 337 g/mol. The zero-order valence-corrected chi connectivity index (χ0v) is 14.7. The third-order valence-electron chi connectivity index (χ3n) is 4.37. The molecule has 1 amide bonds. The first-order valence-corrected chi connectivity index (χ1v) is 8.43. The molecule has 2 unspecified atom stereocenters. The molecule has 2 atom stereocenters. The van der Waals surface area contributed by atoms with Crippen LogP contribution in [-0.4, -0.2) is 18.7 Å². The Bertz CT molecular complexity index is 754. The molecule has 1 heterocycles. The summed E-state index contributed by atoms with van der Waals surface area (Å²) in [5, 5.41) is 7.46. The van der Waals surface area contributed by atoms with Crippen LogP contribution in [0.25, 0.3) is 0 Å². The SMILES string of the molecule is COc1ccc(C2NN=C(C(C)C)C2C(=O)Nc2ccccc2)cc1. The number of hydrogen-bond donors (Lipinski definition) is 2. The number of hydrazone groups is 1. The minimum absolute atomic E-state index is 0.0514. The second-order valence-corrected chi connectivity index (χ2v) is 6.40. The summed E-state index contributed by atoms with van der Waals surface area (Å²) in [5.74, 6) is 0.567. The first-order valence-electron chi connectivity index (χ1n) is 8.43. The number of methoxy groups -OCH3 is 1. The maximum absolute atomic E-state index is 13.0. The van der Waals surface area contributed by atoms with Gasteiger partial charge < -0.3 is 15.5 Å². The molecule has 0 saturated heterocycles. The zero-order valence-electron chi connectivity index (χ0n) is 14.7. The number of hydrogen-bond acceptors (Lipinski definition) is 4. The van der Waals surface area contributed by atoms with Crippen LogP contribution in [0.5, 0.6) is 5.75 Å². The van der Waals surface area contributed by atoms with Gasteiger partial charge in [-0.2, -0.15) is 5.10 Å². The fourth-order valence-electron chi connectivity index (χ4n) is 3.05. The van der Waals surface area contributed by atoms with Crippen molar-refractivity contribution in [2.75, 3.05) is 12.4 Å². The fourth-order valence-corrected chi connectivity index (χ4v) is 3.05. The molecule has 0 spiro atoms. The van der Waals surface area contributed by atoms with Crippen molar-refractivity contribution in [2.24, 2.45) is 16.9 Å². The molecule has 0 fully saturated rings. The number of para-hydroxylation sites is 1. The van der Waals surface area contributed by atoms with Gasteiger partial charge in [-0.05, 0) is 35.7 Å². The second-order valence-electron chi connectivity index (χ2n) is 6.40. The normalized spacial score (nSPS) is 19.3. The summed E-state index contributed by atoms with van der Waals surface area (Å²) in [6.45, 7) is 4.11. The van der Waals surface area contributed by atoms with Gasteiger partial charge in [0.15, 0.2) is 0 Å². The van der Waals surface area contributed by atoms with E-state index in [0.29, 0.717) is 0 Å². The molecule has 2 aromatic rings. The summed E-state index contributed by atoms with van der Waals surface area (Å²) < 4.78 is 5.22. The average molecular weight is 337 g/mol. The molecule has 0 saturated carbocycles. The Labute approximate surface area is 148 Å². The van der Waals surface area contributed by atoms with Gasteiger partial charge in [-0.25, -0.2) is 0 Å². The molecule has 0 aliphatic carbocycles. The number of carbonyl (C=O) groups is 1. The third kappa shape index (κ3) is 3.65. The molecule has 2 aromatic carbocycles. The van der Waals surface area contributed by atoms with E-state index in [0.717, 1.165) is 22.7 Å². The van der Waals surface area contributed by atoms with Gasteiger partial charge in [0, 0.05) is 5.69 Å². The Morgan fingerprint density at radius 3 is 2.40 bits per heavy atom. The first-order chi connectivity index (χ1) is 12.1. The molecule has 1 aliphatic rings. The summed E-state index contributed by atoms with van der Waals surface area (Å²) in [6, 6.07) is 17.1. The van der Waals surface area contributed by atoms with E-state index >= 15 is 0 Å². The lowest BCUT2D eigenvalue weighted by molar-refractivity contribution is -0.118. The van der Waals surface area contributed by atoms with E-state index in [4.69, 9.17) is 4.74 Å². The van der Waals surface area contributed by atoms with E-state index in [-0.39, 0.29) is 23.8 Å². The highest BCUT2D eigenvalue weighted by Crippen LogP contribution is 2.32. The summed E-state index contributed by atoms with van der Waals surface area (Å²) in [7, 11) is 1.64. The number of ether oxygens (including phenoxy) is 1. The van der Waals surface area contributed by atoms with Crippen LogP contribution < -0.4 is 15.5 Å². The van der Waals surface area contributed by atoms with Gasteiger partial charge in [-0.1, -0.05) is 44.2 Å². The Balaban J connectivity index is 1.86. The van der Waals surface area contributed by atoms with Crippen LogP contribution in [-0.2, 0) is 4.79 Å². The van der Waals surface area contributed by atoms with E-state index in [1.807, 2.05) is 54.6 Å². The van der Waals surface area contributed by atoms with Crippen molar-refractivity contribution in [3.63, 3.8) is 0 Å². The zero-order chi connectivity index (χ0) is 17.8. The fraction of sp³-hybridized carbons (Fsp3) is 0.300. The molecule has 0 aromatic heterocycles. The van der Waals surface area contributed by atoms with Crippen LogP contribution in [0.2, 0.25) is 0 Å². The smallest absolute Gasteiger partial charge is 0.235 e. The van der Waals surface area contributed by atoms with Gasteiger partial charge in [-0.15, -0.1) is 0 Å². The minimum Gasteiger partial charge on any atom is -0.497 e. The Morgan fingerprint density at radius 1 is 1.12 bits per heavy atom. The van der Waals surface area contributed by atoms with E-state index in [1.165, 1.54) is 0 Å². The van der Waals surface area contributed by atoms with Crippen LogP contribution in [0.3, 0.4) is 0 Å². The molecule has 3 rings (SSSR count). The summed E-state index contributed by atoms with van der Waals surface area (Å²) >= 11 is 0. The quantitative estimate of drug-likeness (QED) is 0.876. The number of nitrogens with one attached hydrogen (secondary N) is 2. The highest BCUT2D eigenvalue weighted by atomic mass is 16.5. The van der Waals surface area contributed by atoms with Crippen molar-refractivity contribution < 1.29 is 9.53 Å². The predicted octanol–water partition coefficient (Wildman–Crippen LogP) is 3.61. The number of anilines is 1. The Kier molecular flexibility index (Phi) is 5.03. The van der Waals surface area contributed by atoms with E-state index in [1.54, 1.807) is 7.11 Å². The standard InChI is InChI=1S/C20H23N3O2/c1-13(2)18-17(20(24)21-15-7-5-4-6-8-15)19(23-22-18)14-9-11-16(25-3)12-10-14/h4-13,17,19,23H,1-3H3,(H,21,24). The van der Waals surface area contributed by atoms with E-state index in [2.05, 4.69) is 29.7 Å². The lowest BCUT2D eigenvalue weighted by Gasteiger charge is -2.22. The van der Waals surface area contributed by atoms with Crippen molar-refractivity contribution in [1.82, 2.24) is 5.43 Å². The number of nitrogens with zero attached hydrogens (tertiary/aromatic N) is 1. The van der Waals surface area contributed by atoms with E-state index < -0.39 is 0 Å². The summed E-state index contributed by atoms with van der Waals surface area (Å²) in [4.78, 5) is 13.0. The van der Waals surface area contributed by atoms with Gasteiger partial charge in [-0.3, -0.25) is 4.79 Å². The molecule has 0 bridgehead atoms. The van der Waals surface area contributed by atoms with Gasteiger partial charge in [0.25, 0.3) is 0 Å². The number of amides is 1. The lowest BCUT2D eigenvalue weighted by atomic mass is 9.85. The van der Waals surface area contributed by atoms with E-state index in [9.17, 15) is 4.79 Å². The summed E-state index contributed by atoms with van der Waals surface area (Å²) in [6.07, 6.45) is 0. The molecule has 1 aliphatic heterocycles. The van der Waals surface area contributed by atoms with Crippen molar-refractivity contribution in [3.05, 3.63) is 60.2 Å². The minimum atomic E-state index is -0.353. The highest BCUT2D eigenvalue weighted by molar-refractivity contribution is 6.11. The number of rotatable bonds is 5. The molecule has 2 N–H and O–H groups in total. The first kappa shape index (κ1) is 17.0. The van der Waals surface area contributed by atoms with Crippen molar-refractivity contribution in [3.8, 4) is 5.75 Å². The maximum atomic E-state index is 13.0. The van der Waals surface area contributed by atoms with Crippen LogP contribution in [0.4, 0.5) is 5.69 Å². The lowest BCUT2D eigenvalue weighted by Crippen LogP contribution is -2.35. The van der Waals surface area contributed by atoms with Crippen molar-refractivity contribution in [2.45, 2.75) is 19.9 Å². The number of carbonyl (C=O) groups excluding carboxylic acids is 1. The molecular formula is C20H23N3O2. The predicted molar refractivity (Wildman–Crippen MR) is 99.7 cm³/mol. The van der Waals surface area contributed by atoms with Crippen LogP contribution in [0.1, 0.15) is 25.5 Å². The van der Waals surface area contributed by atoms with Crippen molar-refractivity contribution in [1.29, 1.82) is 0 Å². The van der Waals surface area contributed by atoms with Crippen LogP contribution in [0, 0.1) is 11.8 Å². The largest absolute Gasteiger partial charge is 0.497 e. The van der Waals surface area contributed by atoms with Gasteiger partial charge in [0.05, 0.1) is 18.9 Å². The highest BCUT2D eigenvalue weighted by Gasteiger charge is 2.39. The molecule has 5 heteroatoms.